The van der Waals surface area contributed by atoms with E-state index >= 15 is 0 Å². The second-order valence-corrected chi connectivity index (χ2v) is 8.57. The molecule has 1 unspecified atom stereocenters. The van der Waals surface area contributed by atoms with Crippen molar-refractivity contribution in [3.63, 3.8) is 0 Å². The third kappa shape index (κ3) is 3.47. The molecule has 0 aromatic heterocycles. The van der Waals surface area contributed by atoms with Gasteiger partial charge in [-0.25, -0.2) is 0 Å². The number of benzene rings is 2. The smallest absolute Gasteiger partial charge is 0.253 e. The molecule has 2 aliphatic heterocycles. The third-order valence-electron chi connectivity index (χ3n) is 5.42. The lowest BCUT2D eigenvalue weighted by Crippen LogP contribution is -2.30. The summed E-state index contributed by atoms with van der Waals surface area (Å²) in [6.45, 7) is 3.76. The van der Waals surface area contributed by atoms with Gasteiger partial charge in [0.05, 0.1) is 10.9 Å². The number of nitrogens with one attached hydrogen (secondary N) is 1. The Morgan fingerprint density at radius 3 is 2.74 bits per heavy atom. The number of rotatable bonds is 3. The van der Waals surface area contributed by atoms with Crippen LogP contribution in [0, 0.1) is 5.92 Å². The van der Waals surface area contributed by atoms with Gasteiger partial charge in [0, 0.05) is 29.5 Å². The number of fused-ring (bicyclic) bond motifs is 1. The number of likely N-dealkylation sites (tertiary alicyclic amines) is 1. The van der Waals surface area contributed by atoms with Crippen molar-refractivity contribution in [3.05, 3.63) is 59.7 Å². The molecule has 27 heavy (non-hydrogen) atoms. The maximum Gasteiger partial charge on any atom is 0.253 e. The fourth-order valence-electron chi connectivity index (χ4n) is 3.88. The van der Waals surface area contributed by atoms with Crippen molar-refractivity contribution in [2.24, 2.45) is 11.7 Å². The van der Waals surface area contributed by atoms with E-state index in [1.165, 1.54) is 17.3 Å². The van der Waals surface area contributed by atoms with Crippen LogP contribution in [0.2, 0.25) is 0 Å². The van der Waals surface area contributed by atoms with Crippen LogP contribution in [-0.2, 0) is 4.79 Å². The van der Waals surface area contributed by atoms with E-state index < -0.39 is 0 Å². The predicted molar refractivity (Wildman–Crippen MR) is 108 cm³/mol. The Morgan fingerprint density at radius 1 is 1.22 bits per heavy atom. The van der Waals surface area contributed by atoms with Crippen LogP contribution in [0.25, 0.3) is 0 Å². The van der Waals surface area contributed by atoms with E-state index in [4.69, 9.17) is 5.73 Å². The molecule has 3 N–H and O–H groups in total. The molecule has 2 heterocycles. The molecule has 3 atom stereocenters. The molecule has 1 saturated heterocycles. The lowest BCUT2D eigenvalue weighted by Gasteiger charge is -2.23. The van der Waals surface area contributed by atoms with Crippen LogP contribution in [0.15, 0.2) is 53.4 Å². The Kier molecular flexibility index (Phi) is 4.93. The zero-order valence-electron chi connectivity index (χ0n) is 15.2. The highest BCUT2D eigenvalue weighted by Crippen LogP contribution is 2.37. The number of anilines is 1. The molecule has 140 valence electrons. The van der Waals surface area contributed by atoms with Crippen LogP contribution in [-0.4, -0.2) is 41.6 Å². The van der Waals surface area contributed by atoms with Gasteiger partial charge in [-0.15, -0.1) is 11.8 Å². The standard InChI is InChI=1S/C21H23N3O2S/c1-13-20(25)23-18-9-15(7-8-19(18)27-13)21(26)24-11-16(10-22)17(12-24)14-5-3-2-4-6-14/h2-9,13,16-17H,10-12,22H2,1H3,(H,23,25)/t13?,16-,17+/m1/s1. The van der Waals surface area contributed by atoms with Gasteiger partial charge in [0.25, 0.3) is 5.91 Å². The first-order valence-corrected chi connectivity index (χ1v) is 10.1. The normalized spacial score (nSPS) is 24.4. The van der Waals surface area contributed by atoms with E-state index in [1.807, 2.05) is 42.2 Å². The van der Waals surface area contributed by atoms with Gasteiger partial charge in [0.1, 0.15) is 0 Å². The molecular weight excluding hydrogens is 358 g/mol. The Balaban J connectivity index is 1.55. The Bertz CT molecular complexity index is 871. The first-order valence-electron chi connectivity index (χ1n) is 9.22. The first kappa shape index (κ1) is 18.1. The average Bonchev–Trinajstić information content (AvgIpc) is 3.13. The van der Waals surface area contributed by atoms with E-state index in [0.29, 0.717) is 25.2 Å². The molecule has 6 heteroatoms. The van der Waals surface area contributed by atoms with Gasteiger partial charge in [-0.2, -0.15) is 0 Å². The topological polar surface area (TPSA) is 75.4 Å². The molecular formula is C21H23N3O2S. The number of amides is 2. The zero-order chi connectivity index (χ0) is 19.0. The van der Waals surface area contributed by atoms with Gasteiger partial charge in [0.15, 0.2) is 0 Å². The van der Waals surface area contributed by atoms with Gasteiger partial charge in [-0.05, 0) is 43.1 Å². The van der Waals surface area contributed by atoms with Crippen molar-refractivity contribution in [1.29, 1.82) is 0 Å². The molecule has 0 spiro atoms. The Labute approximate surface area is 163 Å². The molecule has 0 saturated carbocycles. The number of carbonyl (C=O) groups excluding carboxylic acids is 2. The lowest BCUT2D eigenvalue weighted by atomic mass is 9.89. The summed E-state index contributed by atoms with van der Waals surface area (Å²) >= 11 is 1.52. The predicted octanol–water partition coefficient (Wildman–Crippen LogP) is 2.93. The fraction of sp³-hybridized carbons (Fsp3) is 0.333. The summed E-state index contributed by atoms with van der Waals surface area (Å²) < 4.78 is 0. The molecule has 0 aliphatic carbocycles. The van der Waals surface area contributed by atoms with E-state index in [9.17, 15) is 9.59 Å². The molecule has 0 bridgehead atoms. The van der Waals surface area contributed by atoms with Gasteiger partial charge in [0.2, 0.25) is 5.91 Å². The lowest BCUT2D eigenvalue weighted by molar-refractivity contribution is -0.115. The summed E-state index contributed by atoms with van der Waals surface area (Å²) in [4.78, 5) is 27.9. The van der Waals surface area contributed by atoms with Crippen LogP contribution in [0.5, 0.6) is 0 Å². The van der Waals surface area contributed by atoms with Crippen molar-refractivity contribution >= 4 is 29.3 Å². The average molecular weight is 382 g/mol. The van der Waals surface area contributed by atoms with Crippen LogP contribution in [0.4, 0.5) is 5.69 Å². The number of nitrogens with two attached hydrogens (primary N) is 1. The van der Waals surface area contributed by atoms with E-state index in [-0.39, 0.29) is 28.9 Å². The molecule has 0 radical (unpaired) electrons. The van der Waals surface area contributed by atoms with Crippen LogP contribution < -0.4 is 11.1 Å². The number of hydrogen-bond acceptors (Lipinski definition) is 4. The summed E-state index contributed by atoms with van der Waals surface area (Å²) in [7, 11) is 0. The minimum atomic E-state index is -0.116. The van der Waals surface area contributed by atoms with E-state index in [0.717, 1.165) is 10.6 Å². The largest absolute Gasteiger partial charge is 0.338 e. The molecule has 5 nitrogen and oxygen atoms in total. The first-order chi connectivity index (χ1) is 13.1. The monoisotopic (exact) mass is 381 g/mol. The number of carbonyl (C=O) groups is 2. The number of hydrogen-bond donors (Lipinski definition) is 2. The Morgan fingerprint density at radius 2 is 2.00 bits per heavy atom. The van der Waals surface area contributed by atoms with Crippen molar-refractivity contribution in [1.82, 2.24) is 4.90 Å². The van der Waals surface area contributed by atoms with Crippen LogP contribution in [0.1, 0.15) is 28.8 Å². The summed E-state index contributed by atoms with van der Waals surface area (Å²) in [5, 5.41) is 2.78. The molecule has 2 aromatic rings. The molecule has 1 fully saturated rings. The quantitative estimate of drug-likeness (QED) is 0.857. The van der Waals surface area contributed by atoms with Crippen molar-refractivity contribution in [3.8, 4) is 0 Å². The minimum Gasteiger partial charge on any atom is -0.338 e. The maximum absolute atomic E-state index is 13.1. The SMILES string of the molecule is CC1Sc2ccc(C(=O)N3C[C@@H](CN)[C@H](c4ccccc4)C3)cc2NC1=O. The highest BCUT2D eigenvalue weighted by atomic mass is 32.2. The maximum atomic E-state index is 13.1. The highest BCUT2D eigenvalue weighted by Gasteiger charge is 2.36. The highest BCUT2D eigenvalue weighted by molar-refractivity contribution is 8.00. The zero-order valence-corrected chi connectivity index (χ0v) is 16.0. The van der Waals surface area contributed by atoms with Crippen LogP contribution >= 0.6 is 11.8 Å². The molecule has 2 aliphatic rings. The summed E-state index contributed by atoms with van der Waals surface area (Å²) in [5.74, 6) is 0.483. The van der Waals surface area contributed by atoms with Gasteiger partial charge >= 0.3 is 0 Å². The molecule has 2 amide bonds. The van der Waals surface area contributed by atoms with Gasteiger partial charge in [-0.1, -0.05) is 30.3 Å². The van der Waals surface area contributed by atoms with Crippen molar-refractivity contribution < 1.29 is 9.59 Å². The van der Waals surface area contributed by atoms with Gasteiger partial charge in [-0.3, -0.25) is 9.59 Å². The number of thioether (sulfide) groups is 1. The summed E-state index contributed by atoms with van der Waals surface area (Å²) in [6, 6.07) is 15.8. The van der Waals surface area contributed by atoms with Crippen molar-refractivity contribution in [2.45, 2.75) is 23.0 Å². The third-order valence-corrected chi connectivity index (χ3v) is 6.59. The van der Waals surface area contributed by atoms with E-state index in [1.54, 1.807) is 6.07 Å². The summed E-state index contributed by atoms with van der Waals surface area (Å²) in [6.07, 6.45) is 0. The molecule has 2 aromatic carbocycles. The second-order valence-electron chi connectivity index (χ2n) is 7.18. The number of nitrogens with zero attached hydrogens (tertiary/aromatic N) is 1. The van der Waals surface area contributed by atoms with Crippen LogP contribution in [0.3, 0.4) is 0 Å². The molecule has 4 rings (SSSR count). The van der Waals surface area contributed by atoms with E-state index in [2.05, 4.69) is 17.4 Å². The second kappa shape index (κ2) is 7.37. The van der Waals surface area contributed by atoms with Crippen molar-refractivity contribution in [2.75, 3.05) is 25.0 Å². The Hall–Kier alpha value is -2.31. The fourth-order valence-corrected chi connectivity index (χ4v) is 4.81. The minimum absolute atomic E-state index is 0.00690. The van der Waals surface area contributed by atoms with Gasteiger partial charge < -0.3 is 16.0 Å². The summed E-state index contributed by atoms with van der Waals surface area (Å²) in [5.41, 5.74) is 8.55.